The third-order valence-corrected chi connectivity index (χ3v) is 2.58. The minimum Gasteiger partial charge on any atom is -0.504 e. The van der Waals surface area contributed by atoms with Crippen LogP contribution >= 0.6 is 0 Å². The van der Waals surface area contributed by atoms with Crippen molar-refractivity contribution in [1.82, 2.24) is 0 Å². The highest BCUT2D eigenvalue weighted by Gasteiger charge is 2.40. The smallest absolute Gasteiger partial charge is 0.504 e. The molecule has 0 aromatic carbocycles. The lowest BCUT2D eigenvalue weighted by molar-refractivity contribution is -0.149. The van der Waals surface area contributed by atoms with Crippen LogP contribution in [0.4, 0.5) is 0 Å². The zero-order chi connectivity index (χ0) is 14.7. The zero-order valence-electron chi connectivity index (χ0n) is 11.9. The first kappa shape index (κ1) is 16.2. The summed E-state index contributed by atoms with van der Waals surface area (Å²) in [5, 5.41) is 18.9. The Balaban J connectivity index is 5.52. The second-order valence-corrected chi connectivity index (χ2v) is 5.70. The highest BCUT2D eigenvalue weighted by molar-refractivity contribution is 5.91. The van der Waals surface area contributed by atoms with Gasteiger partial charge in [-0.2, -0.15) is 0 Å². The van der Waals surface area contributed by atoms with Crippen LogP contribution in [0.25, 0.3) is 4.98 Å². The Morgan fingerprint density at radius 3 is 2.00 bits per heavy atom. The number of esters is 1. The molecular formula is C13H21N2O3+. The molecule has 0 rings (SSSR count). The van der Waals surface area contributed by atoms with Crippen LogP contribution in [-0.4, -0.2) is 16.7 Å². The van der Waals surface area contributed by atoms with Gasteiger partial charge in [-0.25, -0.2) is 4.79 Å². The molecule has 0 aliphatic heterocycles. The number of carbonyl (C=O) groups excluding carboxylic acids is 1. The SMILES string of the molecule is C=C(C)C(C)(C)/C(O)=C(\[N+]#N)C(=O)OC(C)(C)C. The van der Waals surface area contributed by atoms with Crippen LogP contribution in [0.2, 0.25) is 0 Å². The fourth-order valence-corrected chi connectivity index (χ4v) is 1.01. The van der Waals surface area contributed by atoms with E-state index in [1.807, 2.05) is 0 Å². The van der Waals surface area contributed by atoms with Gasteiger partial charge in [0.2, 0.25) is 11.2 Å². The maximum atomic E-state index is 11.8. The highest BCUT2D eigenvalue weighted by atomic mass is 16.6. The van der Waals surface area contributed by atoms with Crippen molar-refractivity contribution in [1.29, 1.82) is 5.39 Å². The van der Waals surface area contributed by atoms with E-state index in [0.29, 0.717) is 5.57 Å². The molecule has 0 radical (unpaired) electrons. The minimum atomic E-state index is -0.878. The van der Waals surface area contributed by atoms with Crippen LogP contribution in [0.5, 0.6) is 0 Å². The van der Waals surface area contributed by atoms with Gasteiger partial charge < -0.3 is 9.84 Å². The topological polar surface area (TPSA) is 74.7 Å². The predicted octanol–water partition coefficient (Wildman–Crippen LogP) is 3.55. The van der Waals surface area contributed by atoms with Crippen molar-refractivity contribution >= 4 is 5.97 Å². The Kier molecular flexibility index (Phi) is 4.68. The van der Waals surface area contributed by atoms with E-state index < -0.39 is 22.7 Å². The van der Waals surface area contributed by atoms with Gasteiger partial charge in [0.15, 0.2) is 4.98 Å². The normalized spacial score (nSPS) is 13.4. The minimum absolute atomic E-state index is 0.369. The quantitative estimate of drug-likeness (QED) is 0.274. The number of hydrogen-bond donors (Lipinski definition) is 1. The Labute approximate surface area is 108 Å². The van der Waals surface area contributed by atoms with E-state index in [9.17, 15) is 9.90 Å². The molecule has 0 saturated carbocycles. The summed E-state index contributed by atoms with van der Waals surface area (Å²) in [6.07, 6.45) is 0. The van der Waals surface area contributed by atoms with Crippen LogP contribution in [0.1, 0.15) is 41.5 Å². The molecule has 5 heteroatoms. The number of ether oxygens (including phenoxy) is 1. The molecule has 100 valence electrons. The van der Waals surface area contributed by atoms with Gasteiger partial charge in [0, 0.05) is 0 Å². The molecule has 0 unspecified atom stereocenters. The first-order valence-corrected chi connectivity index (χ1v) is 5.61. The molecule has 0 aliphatic rings. The molecule has 5 nitrogen and oxygen atoms in total. The number of diazo groups is 1. The monoisotopic (exact) mass is 253 g/mol. The van der Waals surface area contributed by atoms with E-state index in [2.05, 4.69) is 11.6 Å². The van der Waals surface area contributed by atoms with Crippen LogP contribution in [0, 0.1) is 10.8 Å². The fourth-order valence-electron chi connectivity index (χ4n) is 1.01. The highest BCUT2D eigenvalue weighted by Crippen LogP contribution is 2.34. The molecule has 1 N–H and O–H groups in total. The van der Waals surface area contributed by atoms with Gasteiger partial charge in [-0.05, 0) is 41.5 Å². The fraction of sp³-hybridized carbons (Fsp3) is 0.615. The van der Waals surface area contributed by atoms with Crippen molar-refractivity contribution in [2.75, 3.05) is 0 Å². The van der Waals surface area contributed by atoms with E-state index in [1.165, 1.54) is 0 Å². The summed E-state index contributed by atoms with van der Waals surface area (Å²) in [6.45, 7) is 13.8. The number of nitrogens with zero attached hydrogens (tertiary/aromatic N) is 2. The van der Waals surface area contributed by atoms with Crippen molar-refractivity contribution in [3.8, 4) is 0 Å². The maximum Gasteiger partial charge on any atom is 0.506 e. The van der Waals surface area contributed by atoms with Crippen molar-refractivity contribution in [3.05, 3.63) is 28.6 Å². The van der Waals surface area contributed by atoms with Gasteiger partial charge in [-0.3, -0.25) is 0 Å². The van der Waals surface area contributed by atoms with Gasteiger partial charge in [0.1, 0.15) is 5.60 Å². The predicted molar refractivity (Wildman–Crippen MR) is 69.2 cm³/mol. The van der Waals surface area contributed by atoms with E-state index in [0.717, 1.165) is 0 Å². The van der Waals surface area contributed by atoms with Gasteiger partial charge in [0.05, 0.1) is 5.41 Å². The van der Waals surface area contributed by atoms with Crippen molar-refractivity contribution in [3.63, 3.8) is 0 Å². The molecular weight excluding hydrogens is 232 g/mol. The maximum absolute atomic E-state index is 11.8. The van der Waals surface area contributed by atoms with Crippen LogP contribution in [-0.2, 0) is 9.53 Å². The average Bonchev–Trinajstić information content (AvgIpc) is 2.15. The van der Waals surface area contributed by atoms with Gasteiger partial charge >= 0.3 is 11.7 Å². The number of hydrogen-bond acceptors (Lipinski definition) is 4. The van der Waals surface area contributed by atoms with E-state index >= 15 is 0 Å². The van der Waals surface area contributed by atoms with Crippen molar-refractivity contribution < 1.29 is 14.6 Å². The first-order chi connectivity index (χ1) is 7.93. The lowest BCUT2D eigenvalue weighted by atomic mass is 9.83. The third kappa shape index (κ3) is 3.88. The number of aliphatic hydroxyl groups is 1. The molecule has 0 aromatic heterocycles. The molecule has 18 heavy (non-hydrogen) atoms. The van der Waals surface area contributed by atoms with Gasteiger partial charge in [-0.1, -0.05) is 12.2 Å². The molecule has 0 aromatic rings. The van der Waals surface area contributed by atoms with Crippen LogP contribution in [0.3, 0.4) is 0 Å². The molecule has 0 fully saturated rings. The summed E-state index contributed by atoms with van der Waals surface area (Å²) in [5.41, 5.74) is -1.48. The Hall–Kier alpha value is -1.83. The zero-order valence-corrected chi connectivity index (χ0v) is 11.9. The molecule has 0 heterocycles. The summed E-state index contributed by atoms with van der Waals surface area (Å²) >= 11 is 0. The van der Waals surface area contributed by atoms with Crippen LogP contribution in [0.15, 0.2) is 23.6 Å². The third-order valence-electron chi connectivity index (χ3n) is 2.58. The summed E-state index contributed by atoms with van der Waals surface area (Å²) in [6, 6.07) is 0. The Morgan fingerprint density at radius 1 is 1.28 bits per heavy atom. The first-order valence-electron chi connectivity index (χ1n) is 5.61. The van der Waals surface area contributed by atoms with Crippen molar-refractivity contribution in [2.24, 2.45) is 5.41 Å². The second kappa shape index (κ2) is 5.21. The van der Waals surface area contributed by atoms with E-state index in [1.54, 1.807) is 41.5 Å². The summed E-state index contributed by atoms with van der Waals surface area (Å²) < 4.78 is 5.05. The summed E-state index contributed by atoms with van der Waals surface area (Å²) in [5.74, 6) is -1.25. The number of aliphatic hydroxyl groups excluding tert-OH is 1. The van der Waals surface area contributed by atoms with Crippen molar-refractivity contribution in [2.45, 2.75) is 47.1 Å². The molecule has 0 amide bonds. The number of rotatable bonds is 3. The molecule has 0 bridgehead atoms. The number of allylic oxidation sites excluding steroid dienone is 1. The molecule has 0 spiro atoms. The Bertz CT molecular complexity index is 434. The van der Waals surface area contributed by atoms with Crippen LogP contribution < -0.4 is 0 Å². The lowest BCUT2D eigenvalue weighted by Crippen LogP contribution is -2.27. The number of carbonyl (C=O) groups is 1. The standard InChI is InChI=1S/C13H20N2O3/c1-8(2)13(6,7)10(16)9(15-14)11(17)18-12(3,4)5/h1H2,2-7H3/p+1. The van der Waals surface area contributed by atoms with Gasteiger partial charge in [-0.15, -0.1) is 0 Å². The average molecular weight is 253 g/mol. The van der Waals surface area contributed by atoms with E-state index in [-0.39, 0.29) is 5.76 Å². The molecule has 0 aliphatic carbocycles. The van der Waals surface area contributed by atoms with E-state index in [4.69, 9.17) is 10.1 Å². The molecule has 0 saturated heterocycles. The summed E-state index contributed by atoms with van der Waals surface area (Å²) in [4.78, 5) is 14.6. The second-order valence-electron chi connectivity index (χ2n) is 5.70. The largest absolute Gasteiger partial charge is 0.506 e. The van der Waals surface area contributed by atoms with Gasteiger partial charge in [0.25, 0.3) is 0 Å². The molecule has 0 atom stereocenters. The lowest BCUT2D eigenvalue weighted by Gasteiger charge is -2.22. The summed E-state index contributed by atoms with van der Waals surface area (Å²) in [7, 11) is 0. The Morgan fingerprint density at radius 2 is 1.72 bits per heavy atom.